The van der Waals surface area contributed by atoms with Crippen molar-refractivity contribution < 1.29 is 55.2 Å². The van der Waals surface area contributed by atoms with Crippen LogP contribution in [0.15, 0.2) is 18.2 Å². The minimum Gasteiger partial charge on any atom is -0.427 e. The summed E-state index contributed by atoms with van der Waals surface area (Å²) in [5, 5.41) is 8.92. The first kappa shape index (κ1) is 28.1. The van der Waals surface area contributed by atoms with Crippen molar-refractivity contribution >= 4 is 17.6 Å². The van der Waals surface area contributed by atoms with Crippen molar-refractivity contribution in [3.63, 3.8) is 0 Å². The average Bonchev–Trinajstić information content (AvgIpc) is 2.60. The molecule has 0 aliphatic rings. The van der Waals surface area contributed by atoms with Crippen molar-refractivity contribution in [2.24, 2.45) is 0 Å². The Balaban J connectivity index is 0. The summed E-state index contributed by atoms with van der Waals surface area (Å²) in [4.78, 5) is 10.9. The number of hydrogen-bond donors (Lipinski definition) is 1. The van der Waals surface area contributed by atoms with Gasteiger partial charge in [-0.2, -0.15) is 0 Å². The normalized spacial score (nSPS) is 9.73. The summed E-state index contributed by atoms with van der Waals surface area (Å²) in [6, 6.07) is 5.25. The molecule has 0 aliphatic carbocycles. The number of unbranched alkanes of at least 4 members (excludes halogenated alkanes) is 2. The Morgan fingerprint density at radius 1 is 1.12 bits per heavy atom. The maximum atomic E-state index is 10.9. The molecule has 26 heavy (non-hydrogen) atoms. The van der Waals surface area contributed by atoms with Crippen LogP contribution in [0.25, 0.3) is 0 Å². The molecule has 146 valence electrons. The monoisotopic (exact) mass is 610 g/mol. The molecular formula is C19H29ClO5U. The molecule has 0 unspecified atom stereocenters. The van der Waals surface area contributed by atoms with Gasteiger partial charge in [0.2, 0.25) is 0 Å². The van der Waals surface area contributed by atoms with Crippen molar-refractivity contribution in [3.05, 3.63) is 42.6 Å². The van der Waals surface area contributed by atoms with E-state index in [4.69, 9.17) is 30.9 Å². The second-order valence-electron chi connectivity index (χ2n) is 5.17. The zero-order valence-corrected chi connectivity index (χ0v) is 20.4. The fourth-order valence-electron chi connectivity index (χ4n) is 1.68. The van der Waals surface area contributed by atoms with E-state index in [1.165, 1.54) is 0 Å². The third-order valence-corrected chi connectivity index (χ3v) is 3.27. The Morgan fingerprint density at radius 2 is 1.81 bits per heavy atom. The van der Waals surface area contributed by atoms with E-state index in [0.717, 1.165) is 31.4 Å². The van der Waals surface area contributed by atoms with Gasteiger partial charge in [0.25, 0.3) is 5.97 Å². The van der Waals surface area contributed by atoms with E-state index in [1.54, 1.807) is 12.1 Å². The van der Waals surface area contributed by atoms with Crippen molar-refractivity contribution in [2.75, 3.05) is 33.0 Å². The average molecular weight is 611 g/mol. The molecule has 0 fully saturated rings. The van der Waals surface area contributed by atoms with Crippen LogP contribution in [0.5, 0.6) is 5.75 Å². The van der Waals surface area contributed by atoms with Gasteiger partial charge in [0.15, 0.2) is 0 Å². The Labute approximate surface area is 186 Å². The van der Waals surface area contributed by atoms with E-state index < -0.39 is 0 Å². The second-order valence-corrected chi connectivity index (χ2v) is 5.57. The van der Waals surface area contributed by atoms with Crippen LogP contribution in [0.2, 0.25) is 5.02 Å². The SMILES string of the molecule is [CH2-]CC(=O)Oc1ccc(C)cc1Cl.[CH2-]COCCOCCCCCO.[U+2]. The molecule has 5 nitrogen and oxygen atoms in total. The predicted molar refractivity (Wildman–Crippen MR) is 99.7 cm³/mol. The molecule has 0 aliphatic heterocycles. The van der Waals surface area contributed by atoms with Gasteiger partial charge in [0.1, 0.15) is 5.75 Å². The van der Waals surface area contributed by atoms with Gasteiger partial charge in [-0.15, -0.1) is 0 Å². The third kappa shape index (κ3) is 16.1. The fraction of sp³-hybridized carbons (Fsp3) is 0.526. The maximum Gasteiger partial charge on any atom is 2.00 e. The summed E-state index contributed by atoms with van der Waals surface area (Å²) in [5.41, 5.74) is 1.03. The van der Waals surface area contributed by atoms with E-state index >= 15 is 0 Å². The molecule has 0 bridgehead atoms. The molecule has 0 radical (unpaired) electrons. The summed E-state index contributed by atoms with van der Waals surface area (Å²) in [6.45, 7) is 11.7. The van der Waals surface area contributed by atoms with Crippen molar-refractivity contribution in [1.29, 1.82) is 0 Å². The van der Waals surface area contributed by atoms with E-state index in [0.29, 0.717) is 30.6 Å². The Kier molecular flexibility index (Phi) is 21.3. The summed E-state index contributed by atoms with van der Waals surface area (Å²) in [7, 11) is 0. The van der Waals surface area contributed by atoms with Gasteiger partial charge in [-0.1, -0.05) is 30.7 Å². The van der Waals surface area contributed by atoms with Gasteiger partial charge in [0.05, 0.1) is 18.2 Å². The number of aliphatic hydroxyl groups excluding tert-OH is 1. The van der Waals surface area contributed by atoms with E-state index in [2.05, 4.69) is 13.8 Å². The fourth-order valence-corrected chi connectivity index (χ4v) is 1.95. The van der Waals surface area contributed by atoms with E-state index in [-0.39, 0.29) is 50.1 Å². The van der Waals surface area contributed by atoms with Gasteiger partial charge >= 0.3 is 31.1 Å². The molecular weight excluding hydrogens is 582 g/mol. The quantitative estimate of drug-likeness (QED) is 0.179. The smallest absolute Gasteiger partial charge is 0.427 e. The molecule has 1 aromatic rings. The molecule has 0 atom stereocenters. The number of rotatable bonds is 11. The molecule has 1 aromatic carbocycles. The largest absolute Gasteiger partial charge is 2.00 e. The summed E-state index contributed by atoms with van der Waals surface area (Å²) in [5.74, 6) is 0.00618. The van der Waals surface area contributed by atoms with Crippen LogP contribution in [0, 0.1) is 51.9 Å². The molecule has 0 saturated heterocycles. The van der Waals surface area contributed by atoms with Crippen LogP contribution in [0.1, 0.15) is 31.2 Å². The molecule has 1 rings (SSSR count). The van der Waals surface area contributed by atoms with Crippen LogP contribution in [0.3, 0.4) is 0 Å². The Hall–Kier alpha value is -0.0881. The minimum atomic E-state index is -0.384. The van der Waals surface area contributed by atoms with Crippen LogP contribution in [0.4, 0.5) is 0 Å². The van der Waals surface area contributed by atoms with E-state index in [9.17, 15) is 4.79 Å². The number of carbonyl (C=O) groups excluding carboxylic acids is 1. The van der Waals surface area contributed by atoms with Crippen molar-refractivity contribution in [1.82, 2.24) is 0 Å². The Bertz CT molecular complexity index is 461. The molecule has 0 saturated carbocycles. The standard InChI is InChI=1S/C10H10ClO2.C9H19O3.U/c1-3-10(12)13-9-5-4-7(2)6-8(9)11;1-2-11-8-9-12-7-5-3-4-6-10;/h4-6H,1,3H2,2H3;10H,1-9H2;/q2*-1;+2. The summed E-state index contributed by atoms with van der Waals surface area (Å²) < 4.78 is 15.1. The Morgan fingerprint density at radius 3 is 2.38 bits per heavy atom. The molecule has 7 heteroatoms. The number of aryl methyl sites for hydroxylation is 1. The molecule has 0 spiro atoms. The topological polar surface area (TPSA) is 65.0 Å². The van der Waals surface area contributed by atoms with Crippen molar-refractivity contribution in [3.8, 4) is 5.75 Å². The van der Waals surface area contributed by atoms with Gasteiger partial charge in [-0.05, 0) is 43.9 Å². The molecule has 0 heterocycles. The van der Waals surface area contributed by atoms with Crippen LogP contribution in [-0.4, -0.2) is 44.1 Å². The van der Waals surface area contributed by atoms with E-state index in [1.807, 2.05) is 13.0 Å². The number of benzene rings is 1. The van der Waals surface area contributed by atoms with Crippen LogP contribution >= 0.6 is 11.6 Å². The number of carbonyl (C=O) groups is 1. The first-order valence-corrected chi connectivity index (χ1v) is 8.74. The van der Waals surface area contributed by atoms with Crippen molar-refractivity contribution in [2.45, 2.75) is 32.6 Å². The first-order valence-electron chi connectivity index (χ1n) is 8.36. The third-order valence-electron chi connectivity index (χ3n) is 2.98. The minimum absolute atomic E-state index is 0. The van der Waals surface area contributed by atoms with Gasteiger partial charge in [0, 0.05) is 13.2 Å². The predicted octanol–water partition coefficient (Wildman–Crippen LogP) is 3.79. The number of hydrogen-bond acceptors (Lipinski definition) is 5. The van der Waals surface area contributed by atoms with Gasteiger partial charge in [-0.25, -0.2) is 0 Å². The number of halogens is 1. The van der Waals surface area contributed by atoms with Gasteiger partial charge in [-0.3, -0.25) is 4.79 Å². The molecule has 0 amide bonds. The second kappa shape index (κ2) is 19.7. The zero-order valence-electron chi connectivity index (χ0n) is 15.5. The van der Waals surface area contributed by atoms with Gasteiger partial charge < -0.3 is 33.2 Å². The molecule has 1 N–H and O–H groups in total. The zero-order chi connectivity index (χ0) is 18.9. The number of aliphatic hydroxyl groups is 1. The summed E-state index contributed by atoms with van der Waals surface area (Å²) in [6.07, 6.45) is 3.03. The van der Waals surface area contributed by atoms with Crippen LogP contribution in [-0.2, 0) is 14.3 Å². The summed E-state index contributed by atoms with van der Waals surface area (Å²) >= 11 is 5.83. The van der Waals surface area contributed by atoms with Crippen LogP contribution < -0.4 is 4.74 Å². The number of esters is 1. The molecule has 0 aromatic heterocycles. The first-order chi connectivity index (χ1) is 12.0. The number of ether oxygens (including phenoxy) is 3. The maximum absolute atomic E-state index is 10.9.